The van der Waals surface area contributed by atoms with Gasteiger partial charge in [-0.05, 0) is 57.2 Å². The zero-order valence-electron chi connectivity index (χ0n) is 18.2. The van der Waals surface area contributed by atoms with E-state index in [1.165, 1.54) is 11.4 Å². The Bertz CT molecular complexity index is 1240. The summed E-state index contributed by atoms with van der Waals surface area (Å²) in [4.78, 5) is 9.85. The Balaban J connectivity index is 1.68. The van der Waals surface area contributed by atoms with E-state index in [0.29, 0.717) is 6.04 Å². The number of nitrogens with zero attached hydrogens (tertiary/aromatic N) is 5. The molecule has 0 fully saturated rings. The summed E-state index contributed by atoms with van der Waals surface area (Å²) in [6.07, 6.45) is 0.226. The molecule has 1 atom stereocenters. The molecule has 0 aliphatic carbocycles. The minimum atomic E-state index is 0.226. The van der Waals surface area contributed by atoms with E-state index >= 15 is 0 Å². The second-order valence-electron chi connectivity index (χ2n) is 8.30. The number of aryl methyl sites for hydroxylation is 1. The van der Waals surface area contributed by atoms with Gasteiger partial charge >= 0.3 is 0 Å². The van der Waals surface area contributed by atoms with E-state index in [-0.39, 0.29) is 6.17 Å². The monoisotopic (exact) mass is 398 g/mol. The van der Waals surface area contributed by atoms with E-state index in [4.69, 9.17) is 4.98 Å². The van der Waals surface area contributed by atoms with Crippen molar-refractivity contribution < 1.29 is 4.57 Å². The number of fused-ring (bicyclic) bond motifs is 2. The van der Waals surface area contributed by atoms with Gasteiger partial charge in [0.25, 0.3) is 5.82 Å². The Morgan fingerprint density at radius 2 is 1.60 bits per heavy atom. The number of pyridine rings is 1. The van der Waals surface area contributed by atoms with Gasteiger partial charge in [0.2, 0.25) is 0 Å². The number of hydrogen-bond acceptors (Lipinski definition) is 3. The molecule has 1 unspecified atom stereocenters. The van der Waals surface area contributed by atoms with Crippen LogP contribution in [-0.4, -0.2) is 21.8 Å². The molecule has 1 aliphatic rings. The molecule has 1 aliphatic heterocycles. The van der Waals surface area contributed by atoms with E-state index in [2.05, 4.69) is 114 Å². The quantitative estimate of drug-likeness (QED) is 0.465. The Morgan fingerprint density at radius 3 is 2.33 bits per heavy atom. The van der Waals surface area contributed by atoms with Gasteiger partial charge in [0.1, 0.15) is 0 Å². The molecule has 30 heavy (non-hydrogen) atoms. The van der Waals surface area contributed by atoms with Crippen LogP contribution in [0.1, 0.15) is 20.8 Å². The van der Waals surface area contributed by atoms with Gasteiger partial charge in [-0.3, -0.25) is 0 Å². The molecule has 0 radical (unpaired) electrons. The zero-order valence-corrected chi connectivity index (χ0v) is 18.2. The molecule has 0 bridgehead atoms. The maximum Gasteiger partial charge on any atom is 0.283 e. The van der Waals surface area contributed by atoms with Crippen molar-refractivity contribution in [3.8, 4) is 11.5 Å². The minimum Gasteiger partial charge on any atom is -0.327 e. The first-order valence-corrected chi connectivity index (χ1v) is 10.6. The Kier molecular flexibility index (Phi) is 4.28. The lowest BCUT2D eigenvalue weighted by Crippen LogP contribution is -2.47. The first kappa shape index (κ1) is 18.7. The molecular formula is C25H28N5+. The van der Waals surface area contributed by atoms with Crippen LogP contribution in [0.15, 0.2) is 66.7 Å². The van der Waals surface area contributed by atoms with Gasteiger partial charge in [0.05, 0.1) is 23.8 Å². The van der Waals surface area contributed by atoms with Gasteiger partial charge in [-0.1, -0.05) is 24.3 Å². The highest BCUT2D eigenvalue weighted by Gasteiger charge is 2.42. The third kappa shape index (κ3) is 2.61. The highest BCUT2D eigenvalue weighted by Crippen LogP contribution is 2.44. The molecule has 4 aromatic rings. The molecule has 2 aromatic heterocycles. The topological polar surface area (TPSA) is 28.2 Å². The Morgan fingerprint density at radius 1 is 0.900 bits per heavy atom. The molecule has 2 aromatic carbocycles. The highest BCUT2D eigenvalue weighted by atomic mass is 15.4. The standard InChI is InChI=1S/C25H28N5/c1-17(2)29-18(3)30(22-14-9-8-13-21(22)29)24-16-10-15-23(27(24)4)25-26-19-11-6-7-12-20(19)28(25)5/h6-18H,1-5H3/q+1. The SMILES string of the molecule is CC(C)N1c2ccccc2N(c2cccc(-c3nc4ccccc4n3C)[n+]2C)C1C. The lowest BCUT2D eigenvalue weighted by molar-refractivity contribution is -0.647. The van der Waals surface area contributed by atoms with Crippen molar-refractivity contribution in [1.29, 1.82) is 0 Å². The van der Waals surface area contributed by atoms with Crippen LogP contribution in [0.4, 0.5) is 17.2 Å². The van der Waals surface area contributed by atoms with Gasteiger partial charge < -0.3 is 9.47 Å². The van der Waals surface area contributed by atoms with Gasteiger partial charge in [-0.25, -0.2) is 14.5 Å². The second-order valence-corrected chi connectivity index (χ2v) is 8.30. The summed E-state index contributed by atoms with van der Waals surface area (Å²) in [6, 6.07) is 23.9. The van der Waals surface area contributed by atoms with Crippen molar-refractivity contribution in [2.75, 3.05) is 9.80 Å². The fourth-order valence-corrected chi connectivity index (χ4v) is 4.85. The third-order valence-electron chi connectivity index (χ3n) is 6.22. The predicted octanol–water partition coefficient (Wildman–Crippen LogP) is 4.78. The summed E-state index contributed by atoms with van der Waals surface area (Å²) in [7, 11) is 4.23. The highest BCUT2D eigenvalue weighted by molar-refractivity contribution is 5.83. The number of anilines is 3. The molecule has 0 amide bonds. The average Bonchev–Trinajstić information content (AvgIpc) is 3.22. The van der Waals surface area contributed by atoms with Gasteiger partial charge in [0.15, 0.2) is 23.4 Å². The number of hydrogen-bond donors (Lipinski definition) is 0. The van der Waals surface area contributed by atoms with E-state index in [1.54, 1.807) is 0 Å². The predicted molar refractivity (Wildman–Crippen MR) is 123 cm³/mol. The first-order chi connectivity index (χ1) is 14.5. The van der Waals surface area contributed by atoms with Crippen molar-refractivity contribution >= 4 is 28.2 Å². The lowest BCUT2D eigenvalue weighted by Gasteiger charge is -2.28. The van der Waals surface area contributed by atoms with Crippen LogP contribution in [0.2, 0.25) is 0 Å². The largest absolute Gasteiger partial charge is 0.327 e. The zero-order chi connectivity index (χ0) is 21.0. The van der Waals surface area contributed by atoms with E-state index in [0.717, 1.165) is 28.4 Å². The number of aromatic nitrogens is 3. The summed E-state index contributed by atoms with van der Waals surface area (Å²) in [6.45, 7) is 6.79. The van der Waals surface area contributed by atoms with Crippen LogP contribution in [0, 0.1) is 0 Å². The second kappa shape index (κ2) is 6.87. The number of imidazole rings is 1. The van der Waals surface area contributed by atoms with Crippen LogP contribution < -0.4 is 14.4 Å². The number of para-hydroxylation sites is 4. The molecule has 0 saturated heterocycles. The summed E-state index contributed by atoms with van der Waals surface area (Å²) in [5.74, 6) is 2.13. The van der Waals surface area contributed by atoms with E-state index < -0.39 is 0 Å². The normalized spacial score (nSPS) is 16.0. The van der Waals surface area contributed by atoms with Gasteiger partial charge in [0, 0.05) is 19.2 Å². The van der Waals surface area contributed by atoms with Crippen LogP contribution in [-0.2, 0) is 14.1 Å². The Hall–Kier alpha value is -3.34. The van der Waals surface area contributed by atoms with Crippen molar-refractivity contribution in [3.05, 3.63) is 66.7 Å². The van der Waals surface area contributed by atoms with Crippen molar-refractivity contribution in [3.63, 3.8) is 0 Å². The van der Waals surface area contributed by atoms with Crippen LogP contribution in [0.5, 0.6) is 0 Å². The maximum atomic E-state index is 4.93. The fraction of sp³-hybridized carbons (Fsp3) is 0.280. The van der Waals surface area contributed by atoms with Gasteiger partial charge in [-0.2, -0.15) is 0 Å². The summed E-state index contributed by atoms with van der Waals surface area (Å²) in [5.41, 5.74) is 5.79. The summed E-state index contributed by atoms with van der Waals surface area (Å²) < 4.78 is 4.44. The smallest absolute Gasteiger partial charge is 0.283 e. The molecule has 5 rings (SSSR count). The molecule has 3 heterocycles. The molecule has 152 valence electrons. The third-order valence-corrected chi connectivity index (χ3v) is 6.22. The summed E-state index contributed by atoms with van der Waals surface area (Å²) in [5, 5.41) is 0. The molecule has 0 saturated carbocycles. The first-order valence-electron chi connectivity index (χ1n) is 10.6. The van der Waals surface area contributed by atoms with Crippen LogP contribution in [0.25, 0.3) is 22.6 Å². The fourth-order valence-electron chi connectivity index (χ4n) is 4.85. The van der Waals surface area contributed by atoms with Gasteiger partial charge in [-0.15, -0.1) is 0 Å². The maximum absolute atomic E-state index is 4.93. The lowest BCUT2D eigenvalue weighted by atomic mass is 10.2. The molecular weight excluding hydrogens is 370 g/mol. The van der Waals surface area contributed by atoms with Crippen molar-refractivity contribution in [2.45, 2.75) is 33.0 Å². The molecule has 5 nitrogen and oxygen atoms in total. The van der Waals surface area contributed by atoms with E-state index in [9.17, 15) is 0 Å². The molecule has 5 heteroatoms. The minimum absolute atomic E-state index is 0.226. The van der Waals surface area contributed by atoms with E-state index in [1.807, 2.05) is 6.07 Å². The molecule has 0 N–H and O–H groups in total. The van der Waals surface area contributed by atoms with Crippen molar-refractivity contribution in [2.24, 2.45) is 14.1 Å². The van der Waals surface area contributed by atoms with Crippen molar-refractivity contribution in [1.82, 2.24) is 9.55 Å². The number of rotatable bonds is 3. The summed E-state index contributed by atoms with van der Waals surface area (Å²) >= 11 is 0. The Labute approximate surface area is 177 Å². The van der Waals surface area contributed by atoms with Crippen LogP contribution in [0.3, 0.4) is 0 Å². The molecule has 0 spiro atoms. The number of benzene rings is 2. The average molecular weight is 399 g/mol. The van der Waals surface area contributed by atoms with Crippen LogP contribution >= 0.6 is 0 Å².